The number of thiazole rings is 1. The van der Waals surface area contributed by atoms with E-state index >= 15 is 0 Å². The molecule has 0 radical (unpaired) electrons. The van der Waals surface area contributed by atoms with Crippen LogP contribution in [0.25, 0.3) is 32.0 Å². The first-order valence-electron chi connectivity index (χ1n) is 10.3. The summed E-state index contributed by atoms with van der Waals surface area (Å²) in [5.74, 6) is 0.574. The quantitative estimate of drug-likeness (QED) is 0.311. The maximum atomic E-state index is 12.9. The van der Waals surface area contributed by atoms with Crippen LogP contribution in [0.5, 0.6) is 0 Å². The lowest BCUT2D eigenvalue weighted by Crippen LogP contribution is -2.21. The minimum atomic E-state index is -3.27. The first-order valence-corrected chi connectivity index (χ1v) is 15.2. The number of anilines is 1. The Morgan fingerprint density at radius 1 is 1.24 bits per heavy atom. The summed E-state index contributed by atoms with van der Waals surface area (Å²) in [5, 5.41) is 3.49. The summed E-state index contributed by atoms with van der Waals surface area (Å²) in [6.07, 6.45) is 4.71. The van der Waals surface area contributed by atoms with Crippen molar-refractivity contribution in [3.05, 3.63) is 47.5 Å². The number of nitrogens with zero attached hydrogens (tertiary/aromatic N) is 2. The van der Waals surface area contributed by atoms with Gasteiger partial charge in [0.15, 0.2) is 0 Å². The van der Waals surface area contributed by atoms with Gasteiger partial charge in [0.25, 0.3) is 0 Å². The second kappa shape index (κ2) is 10.1. The van der Waals surface area contributed by atoms with Crippen molar-refractivity contribution in [2.75, 3.05) is 17.7 Å². The molecule has 11 heteroatoms. The van der Waals surface area contributed by atoms with Crippen LogP contribution in [-0.4, -0.2) is 34.9 Å². The maximum absolute atomic E-state index is 12.9. The van der Waals surface area contributed by atoms with Gasteiger partial charge in [0, 0.05) is 23.5 Å². The van der Waals surface area contributed by atoms with Gasteiger partial charge in [-0.1, -0.05) is 48.9 Å². The number of hydrogen-bond acceptors (Lipinski definition) is 8. The predicted molar refractivity (Wildman–Crippen MR) is 138 cm³/mol. The van der Waals surface area contributed by atoms with E-state index in [0.29, 0.717) is 15.6 Å². The lowest BCUT2D eigenvalue weighted by Gasteiger charge is -2.10. The Labute approximate surface area is 204 Å². The van der Waals surface area contributed by atoms with Gasteiger partial charge < -0.3 is 10.3 Å². The molecule has 3 N–H and O–H groups in total. The number of nitrogens with one attached hydrogen (secondary N) is 1. The van der Waals surface area contributed by atoms with E-state index in [1.54, 1.807) is 6.20 Å². The normalized spacial score (nSPS) is 12.9. The number of hydrogen-bond donors (Lipinski definition) is 2. The number of rotatable bonds is 9. The average Bonchev–Trinajstić information content (AvgIpc) is 3.44. The third kappa shape index (κ3) is 5.56. The molecular weight excluding hydrogens is 497 g/mol. The molecule has 0 saturated heterocycles. The van der Waals surface area contributed by atoms with Gasteiger partial charge in [0.05, 0.1) is 6.26 Å². The van der Waals surface area contributed by atoms with Crippen molar-refractivity contribution in [3.8, 4) is 21.8 Å². The number of aromatic nitrogens is 2. The highest BCUT2D eigenvalue weighted by atomic mass is 32.2. The molecule has 0 fully saturated rings. The van der Waals surface area contributed by atoms with Crippen LogP contribution in [0.1, 0.15) is 25.3 Å². The van der Waals surface area contributed by atoms with Gasteiger partial charge in [0.1, 0.15) is 27.0 Å². The summed E-state index contributed by atoms with van der Waals surface area (Å²) in [4.78, 5) is 9.93. The van der Waals surface area contributed by atoms with E-state index in [-0.39, 0.29) is 6.54 Å². The van der Waals surface area contributed by atoms with Crippen LogP contribution in [0, 0.1) is 0 Å². The third-order valence-corrected chi connectivity index (χ3v) is 9.47. The lowest BCUT2D eigenvalue weighted by molar-refractivity contribution is 0.587. The fourth-order valence-electron chi connectivity index (χ4n) is 3.34. The topological polar surface area (TPSA) is 121 Å². The van der Waals surface area contributed by atoms with E-state index in [2.05, 4.69) is 16.6 Å². The highest BCUT2D eigenvalue weighted by Gasteiger charge is 2.25. The monoisotopic (exact) mass is 520 g/mol. The van der Waals surface area contributed by atoms with Crippen molar-refractivity contribution in [2.45, 2.75) is 30.5 Å². The standard InChI is InChI=1S/C22H24N4O3S4/c1-3-4-11-32(27)22-19(23)18-16(12-17(26-21(18)31-22)20-24-9-10-30-20)15-7-5-14(6-8-15)13-25-33(2,28)29/h5-10,12,25H,3-4,11,13,23H2,1-2H3. The Morgan fingerprint density at radius 3 is 2.64 bits per heavy atom. The van der Waals surface area contributed by atoms with Gasteiger partial charge in [-0.05, 0) is 40.4 Å². The smallest absolute Gasteiger partial charge is 0.232 e. The molecule has 0 bridgehead atoms. The highest BCUT2D eigenvalue weighted by Crippen LogP contribution is 2.43. The molecule has 174 valence electrons. The first-order chi connectivity index (χ1) is 15.8. The Morgan fingerprint density at radius 2 is 2.00 bits per heavy atom. The molecule has 3 heterocycles. The van der Waals surface area contributed by atoms with Gasteiger partial charge >= 0.3 is 0 Å². The fraction of sp³-hybridized carbons (Fsp3) is 0.273. The number of nitrogens with two attached hydrogens (primary N) is 1. The van der Waals surface area contributed by atoms with Crippen LogP contribution in [-0.2, 0) is 27.7 Å². The molecule has 1 aromatic carbocycles. The van der Waals surface area contributed by atoms with Crippen LogP contribution in [0.4, 0.5) is 5.69 Å². The van der Waals surface area contributed by atoms with E-state index in [9.17, 15) is 13.0 Å². The molecule has 4 aromatic rings. The molecule has 0 aliphatic rings. The Balaban J connectivity index is 1.80. The number of fused-ring (bicyclic) bond motifs is 1. The molecule has 0 spiro atoms. The van der Waals surface area contributed by atoms with Gasteiger partial charge in [0.2, 0.25) is 14.2 Å². The molecule has 0 amide bonds. The lowest BCUT2D eigenvalue weighted by atomic mass is 10.0. The van der Waals surface area contributed by atoms with Gasteiger partial charge in [-0.3, -0.25) is 0 Å². The summed E-state index contributed by atoms with van der Waals surface area (Å²) in [5.41, 5.74) is 10.4. The van der Waals surface area contributed by atoms with Crippen molar-refractivity contribution in [3.63, 3.8) is 0 Å². The van der Waals surface area contributed by atoms with E-state index in [1.807, 2.05) is 35.7 Å². The molecule has 0 aliphatic heterocycles. The van der Waals surface area contributed by atoms with Crippen LogP contribution < -0.4 is 10.5 Å². The van der Waals surface area contributed by atoms with Gasteiger partial charge in [-0.15, -0.1) is 11.3 Å². The molecule has 7 nitrogen and oxygen atoms in total. The molecule has 1 atom stereocenters. The summed E-state index contributed by atoms with van der Waals surface area (Å²) in [6, 6.07) is 9.60. The second-order valence-electron chi connectivity index (χ2n) is 7.57. The van der Waals surface area contributed by atoms with Gasteiger partial charge in [-0.2, -0.15) is 0 Å². The van der Waals surface area contributed by atoms with Crippen molar-refractivity contribution < 1.29 is 13.0 Å². The van der Waals surface area contributed by atoms with Crippen LogP contribution in [0.15, 0.2) is 46.1 Å². The minimum absolute atomic E-state index is 0.219. The SMILES string of the molecule is CCCC[S+]([O-])c1sc2nc(-c3nccs3)cc(-c3ccc(CNS(C)(=O)=O)cc3)c2c1N. The second-order valence-corrected chi connectivity index (χ2v) is 13.1. The average molecular weight is 521 g/mol. The fourth-order valence-corrected chi connectivity index (χ4v) is 7.16. The molecular formula is C22H24N4O3S4. The molecule has 0 aliphatic carbocycles. The van der Waals surface area contributed by atoms with Crippen LogP contribution in [0.3, 0.4) is 0 Å². The molecule has 1 unspecified atom stereocenters. The zero-order chi connectivity index (χ0) is 23.6. The molecule has 33 heavy (non-hydrogen) atoms. The largest absolute Gasteiger partial charge is 0.611 e. The number of nitrogen functional groups attached to an aromatic ring is 1. The third-order valence-electron chi connectivity index (χ3n) is 5.01. The van der Waals surface area contributed by atoms with Crippen LogP contribution >= 0.6 is 22.7 Å². The van der Waals surface area contributed by atoms with E-state index < -0.39 is 21.2 Å². The maximum Gasteiger partial charge on any atom is 0.232 e. The Hall–Kier alpha value is -2.02. The highest BCUT2D eigenvalue weighted by molar-refractivity contribution is 7.93. The predicted octanol–water partition coefficient (Wildman–Crippen LogP) is 4.63. The summed E-state index contributed by atoms with van der Waals surface area (Å²) >= 11 is 1.71. The number of pyridine rings is 1. The minimum Gasteiger partial charge on any atom is -0.611 e. The number of unbranched alkanes of at least 4 members (excludes halogenated alkanes) is 1. The Kier molecular flexibility index (Phi) is 7.37. The molecule has 3 aromatic heterocycles. The summed E-state index contributed by atoms with van der Waals surface area (Å²) in [7, 11) is -3.27. The number of benzene rings is 1. The number of thiophene rings is 1. The van der Waals surface area contributed by atoms with E-state index in [4.69, 9.17) is 10.7 Å². The zero-order valence-electron chi connectivity index (χ0n) is 18.2. The van der Waals surface area contributed by atoms with Crippen molar-refractivity contribution in [1.29, 1.82) is 0 Å². The number of sulfonamides is 1. The summed E-state index contributed by atoms with van der Waals surface area (Å²) < 4.78 is 38.8. The molecule has 0 saturated carbocycles. The molecule has 4 rings (SSSR count). The van der Waals surface area contributed by atoms with Crippen molar-refractivity contribution in [1.82, 2.24) is 14.7 Å². The zero-order valence-corrected chi connectivity index (χ0v) is 21.5. The Bertz CT molecular complexity index is 1350. The van der Waals surface area contributed by atoms with Crippen LogP contribution in [0.2, 0.25) is 0 Å². The van der Waals surface area contributed by atoms with E-state index in [0.717, 1.165) is 56.7 Å². The van der Waals surface area contributed by atoms with Gasteiger partial charge in [-0.25, -0.2) is 23.1 Å². The van der Waals surface area contributed by atoms with Crippen molar-refractivity contribution in [2.24, 2.45) is 0 Å². The first kappa shape index (κ1) is 24.1. The summed E-state index contributed by atoms with van der Waals surface area (Å²) in [6.45, 7) is 2.29. The van der Waals surface area contributed by atoms with Crippen molar-refractivity contribution >= 4 is 59.8 Å². The van der Waals surface area contributed by atoms with E-state index in [1.165, 1.54) is 22.7 Å².